The number of aromatic nitrogens is 1. The van der Waals surface area contributed by atoms with Gasteiger partial charge in [0.25, 0.3) is 0 Å². The van der Waals surface area contributed by atoms with Crippen molar-refractivity contribution in [1.82, 2.24) is 4.98 Å². The van der Waals surface area contributed by atoms with Gasteiger partial charge in [-0.15, -0.1) is 0 Å². The van der Waals surface area contributed by atoms with Crippen LogP contribution in [0.5, 0.6) is 0 Å². The van der Waals surface area contributed by atoms with Crippen molar-refractivity contribution in [2.45, 2.75) is 0 Å². The van der Waals surface area contributed by atoms with Crippen LogP contribution in [-0.2, 0) is 0 Å². The number of pyridine rings is 1. The Balaban J connectivity index is 3.08. The third kappa shape index (κ3) is 0.992. The minimum Gasteiger partial charge on any atom is -0.227 e. The van der Waals surface area contributed by atoms with E-state index in [1.165, 1.54) is 0 Å². The summed E-state index contributed by atoms with van der Waals surface area (Å²) in [6, 6.07) is 2.72. The van der Waals surface area contributed by atoms with Crippen LogP contribution in [0.4, 0.5) is 8.78 Å². The molecule has 0 unspecified atom stereocenters. The van der Waals surface area contributed by atoms with E-state index in [1.807, 2.05) is 0 Å². The number of nitrogens with zero attached hydrogens (tertiary/aromatic N) is 1. The van der Waals surface area contributed by atoms with Crippen molar-refractivity contribution in [1.29, 1.82) is 0 Å². The molecule has 0 bridgehead atoms. The molecule has 1 radical (unpaired) electrons. The van der Waals surface area contributed by atoms with Crippen LogP contribution in [0.3, 0.4) is 0 Å². The summed E-state index contributed by atoms with van der Waals surface area (Å²) < 4.78 is 23.6. The van der Waals surface area contributed by atoms with Gasteiger partial charge in [-0.05, 0) is 0 Å². The summed E-state index contributed by atoms with van der Waals surface area (Å²) in [6.07, 6.45) is 0.949. The van der Waals surface area contributed by atoms with Crippen molar-refractivity contribution < 1.29 is 8.78 Å². The lowest BCUT2D eigenvalue weighted by atomic mass is 10.5. The quantitative estimate of drug-likeness (QED) is 0.461. The monoisotopic (exact) mass is 114 g/mol. The first-order valence-corrected chi connectivity index (χ1v) is 1.98. The Labute approximate surface area is 45.0 Å². The maximum atomic E-state index is 11.8. The van der Waals surface area contributed by atoms with Gasteiger partial charge in [-0.1, -0.05) is 0 Å². The van der Waals surface area contributed by atoms with Gasteiger partial charge in [0.15, 0.2) is 0 Å². The van der Waals surface area contributed by atoms with E-state index in [9.17, 15) is 8.78 Å². The molecular formula is C5H2F2N. The van der Waals surface area contributed by atoms with Gasteiger partial charge in [0.1, 0.15) is 5.82 Å². The van der Waals surface area contributed by atoms with E-state index in [1.54, 1.807) is 0 Å². The van der Waals surface area contributed by atoms with Crippen LogP contribution >= 0.6 is 0 Å². The zero-order valence-corrected chi connectivity index (χ0v) is 3.86. The molecule has 3 heteroatoms. The van der Waals surface area contributed by atoms with E-state index in [0.717, 1.165) is 6.20 Å². The number of halogens is 2. The zero-order chi connectivity index (χ0) is 5.98. The van der Waals surface area contributed by atoms with E-state index < -0.39 is 11.8 Å². The molecule has 1 heterocycles. The molecule has 0 aliphatic carbocycles. The van der Waals surface area contributed by atoms with Gasteiger partial charge in [0.05, 0.1) is 0 Å². The highest BCUT2D eigenvalue weighted by Crippen LogP contribution is 1.94. The molecule has 0 fully saturated rings. The van der Waals surface area contributed by atoms with Gasteiger partial charge in [0.2, 0.25) is 5.95 Å². The van der Waals surface area contributed by atoms with E-state index >= 15 is 0 Å². The summed E-state index contributed by atoms with van der Waals surface area (Å²) in [5.74, 6) is -1.54. The second-order valence-corrected chi connectivity index (χ2v) is 1.22. The molecule has 1 rings (SSSR count). The predicted molar refractivity (Wildman–Crippen MR) is 23.0 cm³/mol. The average Bonchev–Trinajstić information content (AvgIpc) is 1.64. The van der Waals surface area contributed by atoms with Gasteiger partial charge in [-0.3, -0.25) is 0 Å². The van der Waals surface area contributed by atoms with Crippen LogP contribution in [-0.4, -0.2) is 4.98 Å². The Kier molecular flexibility index (Phi) is 1.20. The average molecular weight is 114 g/mol. The molecule has 0 aliphatic heterocycles. The number of hydrogen-bond donors (Lipinski definition) is 0. The van der Waals surface area contributed by atoms with E-state index in [0.29, 0.717) is 6.07 Å². The minimum atomic E-state index is -0.818. The molecule has 1 aromatic heterocycles. The Bertz CT molecular complexity index is 170. The smallest absolute Gasteiger partial charge is 0.215 e. The molecule has 0 spiro atoms. The second kappa shape index (κ2) is 1.86. The highest BCUT2D eigenvalue weighted by atomic mass is 19.1. The molecule has 1 aromatic rings. The fourth-order valence-electron chi connectivity index (χ4n) is 0.339. The molecule has 0 saturated carbocycles. The van der Waals surface area contributed by atoms with E-state index in [-0.39, 0.29) is 0 Å². The van der Waals surface area contributed by atoms with Crippen molar-refractivity contribution in [3.05, 3.63) is 30.1 Å². The fraction of sp³-hybridized carbons (Fsp3) is 0. The first-order chi connectivity index (χ1) is 3.79. The topological polar surface area (TPSA) is 12.9 Å². The Morgan fingerprint density at radius 1 is 1.50 bits per heavy atom. The number of hydrogen-bond acceptors (Lipinski definition) is 1. The molecule has 0 amide bonds. The van der Waals surface area contributed by atoms with Crippen molar-refractivity contribution in [2.75, 3.05) is 0 Å². The lowest BCUT2D eigenvalue weighted by Crippen LogP contribution is -1.81. The van der Waals surface area contributed by atoms with Gasteiger partial charge in [-0.2, -0.15) is 4.39 Å². The molecule has 0 aromatic carbocycles. The predicted octanol–water partition coefficient (Wildman–Crippen LogP) is 1.16. The molecule has 0 saturated heterocycles. The Hall–Kier alpha value is -0.990. The van der Waals surface area contributed by atoms with Crippen LogP contribution in [0.2, 0.25) is 0 Å². The third-order valence-corrected chi connectivity index (χ3v) is 0.636. The largest absolute Gasteiger partial charge is 0.227 e. The molecule has 0 aliphatic rings. The highest BCUT2D eigenvalue weighted by molar-refractivity contribution is 4.93. The molecule has 41 valence electrons. The first kappa shape index (κ1) is 5.15. The third-order valence-electron chi connectivity index (χ3n) is 0.636. The fourth-order valence-corrected chi connectivity index (χ4v) is 0.339. The molecular weight excluding hydrogens is 112 g/mol. The van der Waals surface area contributed by atoms with Gasteiger partial charge < -0.3 is 0 Å². The summed E-state index contributed by atoms with van der Waals surface area (Å²) in [4.78, 5) is 3.08. The van der Waals surface area contributed by atoms with Crippen LogP contribution in [0.1, 0.15) is 0 Å². The van der Waals surface area contributed by atoms with Crippen LogP contribution in [0.15, 0.2) is 12.3 Å². The first-order valence-electron chi connectivity index (χ1n) is 1.98. The van der Waals surface area contributed by atoms with Crippen LogP contribution < -0.4 is 0 Å². The van der Waals surface area contributed by atoms with Crippen molar-refractivity contribution in [3.8, 4) is 0 Å². The second-order valence-electron chi connectivity index (χ2n) is 1.22. The molecule has 0 atom stereocenters. The number of rotatable bonds is 0. The van der Waals surface area contributed by atoms with Gasteiger partial charge in [-0.25, -0.2) is 9.37 Å². The van der Waals surface area contributed by atoms with Crippen molar-refractivity contribution in [2.24, 2.45) is 0 Å². The maximum absolute atomic E-state index is 11.8. The highest BCUT2D eigenvalue weighted by Gasteiger charge is 1.90. The summed E-state index contributed by atoms with van der Waals surface area (Å²) in [6.45, 7) is 0. The van der Waals surface area contributed by atoms with E-state index in [4.69, 9.17) is 0 Å². The normalized spacial score (nSPS) is 9.25. The zero-order valence-electron chi connectivity index (χ0n) is 3.86. The standard InChI is InChI=1S/C5H2F2N/c6-4-1-2-8-5(7)3-4/h2-3H. The summed E-state index contributed by atoms with van der Waals surface area (Å²) in [5, 5.41) is 0. The molecule has 8 heavy (non-hydrogen) atoms. The SMILES string of the molecule is Fc1[c]cnc(F)c1. The maximum Gasteiger partial charge on any atom is 0.215 e. The summed E-state index contributed by atoms with van der Waals surface area (Å²) in [7, 11) is 0. The van der Waals surface area contributed by atoms with Crippen molar-refractivity contribution in [3.63, 3.8) is 0 Å². The summed E-state index contributed by atoms with van der Waals surface area (Å²) >= 11 is 0. The molecule has 1 nitrogen and oxygen atoms in total. The lowest BCUT2D eigenvalue weighted by molar-refractivity contribution is 0.551. The van der Waals surface area contributed by atoms with Crippen LogP contribution in [0, 0.1) is 17.8 Å². The van der Waals surface area contributed by atoms with Gasteiger partial charge in [0, 0.05) is 18.3 Å². The van der Waals surface area contributed by atoms with Crippen molar-refractivity contribution >= 4 is 0 Å². The Morgan fingerprint density at radius 2 is 2.25 bits per heavy atom. The minimum absolute atomic E-state index is 0.667. The van der Waals surface area contributed by atoms with Gasteiger partial charge >= 0.3 is 0 Å². The lowest BCUT2D eigenvalue weighted by Gasteiger charge is -1.82. The van der Waals surface area contributed by atoms with E-state index in [2.05, 4.69) is 11.1 Å². The van der Waals surface area contributed by atoms with Crippen LogP contribution in [0.25, 0.3) is 0 Å². The molecule has 0 N–H and O–H groups in total. The Morgan fingerprint density at radius 3 is 2.62 bits per heavy atom. The summed E-state index contributed by atoms with van der Waals surface area (Å²) in [5.41, 5.74) is 0.